The van der Waals surface area contributed by atoms with Gasteiger partial charge in [0.05, 0.1) is 0 Å². The molecule has 0 saturated carbocycles. The van der Waals surface area contributed by atoms with Gasteiger partial charge in [-0.05, 0) is 37.3 Å². The van der Waals surface area contributed by atoms with Crippen LogP contribution < -0.4 is 10.2 Å². The van der Waals surface area contributed by atoms with E-state index in [-0.39, 0.29) is 5.82 Å². The van der Waals surface area contributed by atoms with E-state index in [0.717, 1.165) is 44.0 Å². The molecule has 118 valence electrons. The highest BCUT2D eigenvalue weighted by Gasteiger charge is 2.22. The second-order valence-corrected chi connectivity index (χ2v) is 6.47. The Morgan fingerprint density at radius 2 is 2.10 bits per heavy atom. The average Bonchev–Trinajstić information content (AvgIpc) is 2.49. The zero-order valence-corrected chi connectivity index (χ0v) is 13.5. The number of hydrogen-bond acceptors (Lipinski definition) is 3. The van der Waals surface area contributed by atoms with E-state index in [9.17, 15) is 4.39 Å². The molecule has 0 radical (unpaired) electrons. The summed E-state index contributed by atoms with van der Waals surface area (Å²) in [7, 11) is 0. The summed E-state index contributed by atoms with van der Waals surface area (Å²) in [6, 6.07) is 1.78. The Labute approximate surface area is 127 Å². The third-order valence-electron chi connectivity index (χ3n) is 4.31. The van der Waals surface area contributed by atoms with Crippen molar-refractivity contribution < 1.29 is 4.39 Å². The number of piperidine rings is 1. The van der Waals surface area contributed by atoms with E-state index in [0.29, 0.717) is 18.3 Å². The molecule has 1 saturated heterocycles. The van der Waals surface area contributed by atoms with Crippen molar-refractivity contribution in [1.82, 2.24) is 10.3 Å². The number of rotatable bonds is 6. The molecule has 21 heavy (non-hydrogen) atoms. The molecule has 1 fully saturated rings. The molecular weight excluding hydrogens is 265 g/mol. The van der Waals surface area contributed by atoms with Gasteiger partial charge in [0, 0.05) is 31.4 Å². The number of aromatic nitrogens is 1. The van der Waals surface area contributed by atoms with Crippen LogP contribution in [0.1, 0.15) is 45.6 Å². The topological polar surface area (TPSA) is 28.2 Å². The standard InChI is InChI=1S/C17H28FN3/c1-4-14-6-9-21(10-7-14)17-16(18)15(5-8-20-17)12-19-11-13(2)3/h5,8,13-14,19H,4,6-7,9-12H2,1-3H3. The number of halogens is 1. The minimum atomic E-state index is -0.149. The van der Waals surface area contributed by atoms with Crippen LogP contribution in [0.4, 0.5) is 10.2 Å². The monoisotopic (exact) mass is 293 g/mol. The van der Waals surface area contributed by atoms with Gasteiger partial charge in [-0.25, -0.2) is 9.37 Å². The molecule has 0 unspecified atom stereocenters. The molecule has 1 aromatic heterocycles. The third kappa shape index (κ3) is 4.40. The summed E-state index contributed by atoms with van der Waals surface area (Å²) in [5, 5.41) is 3.30. The van der Waals surface area contributed by atoms with Gasteiger partial charge in [0.25, 0.3) is 0 Å². The van der Waals surface area contributed by atoms with Crippen LogP contribution in [-0.4, -0.2) is 24.6 Å². The summed E-state index contributed by atoms with van der Waals surface area (Å²) in [5.74, 6) is 1.75. The van der Waals surface area contributed by atoms with Crippen LogP contribution in [0.2, 0.25) is 0 Å². The first kappa shape index (κ1) is 16.2. The highest BCUT2D eigenvalue weighted by Crippen LogP contribution is 2.26. The first-order valence-electron chi connectivity index (χ1n) is 8.20. The maximum absolute atomic E-state index is 14.6. The highest BCUT2D eigenvalue weighted by molar-refractivity contribution is 5.43. The Balaban J connectivity index is 2.00. The SMILES string of the molecule is CCC1CCN(c2nccc(CNCC(C)C)c2F)CC1. The Bertz CT molecular complexity index is 440. The first-order chi connectivity index (χ1) is 10.1. The van der Waals surface area contributed by atoms with E-state index >= 15 is 0 Å². The fraction of sp³-hybridized carbons (Fsp3) is 0.706. The van der Waals surface area contributed by atoms with Crippen molar-refractivity contribution in [2.75, 3.05) is 24.5 Å². The molecule has 0 spiro atoms. The predicted molar refractivity (Wildman–Crippen MR) is 86.0 cm³/mol. The summed E-state index contributed by atoms with van der Waals surface area (Å²) in [6.45, 7) is 9.86. The smallest absolute Gasteiger partial charge is 0.170 e. The van der Waals surface area contributed by atoms with Crippen LogP contribution >= 0.6 is 0 Å². The number of anilines is 1. The molecule has 1 aliphatic heterocycles. The van der Waals surface area contributed by atoms with Gasteiger partial charge in [-0.15, -0.1) is 0 Å². The van der Waals surface area contributed by atoms with Crippen LogP contribution in [0.5, 0.6) is 0 Å². The third-order valence-corrected chi connectivity index (χ3v) is 4.31. The van der Waals surface area contributed by atoms with E-state index in [4.69, 9.17) is 0 Å². The summed E-state index contributed by atoms with van der Waals surface area (Å²) in [6.07, 6.45) is 5.25. The summed E-state index contributed by atoms with van der Waals surface area (Å²) >= 11 is 0. The van der Waals surface area contributed by atoms with Gasteiger partial charge in [-0.2, -0.15) is 0 Å². The number of nitrogens with one attached hydrogen (secondary N) is 1. The molecule has 0 bridgehead atoms. The molecule has 1 aliphatic rings. The van der Waals surface area contributed by atoms with Gasteiger partial charge in [0.1, 0.15) is 0 Å². The quantitative estimate of drug-likeness (QED) is 0.868. The van der Waals surface area contributed by atoms with E-state index in [1.54, 1.807) is 12.3 Å². The second-order valence-electron chi connectivity index (χ2n) is 6.47. The Morgan fingerprint density at radius 3 is 2.71 bits per heavy atom. The fourth-order valence-corrected chi connectivity index (χ4v) is 2.88. The zero-order chi connectivity index (χ0) is 15.2. The molecule has 2 rings (SSSR count). The minimum Gasteiger partial charge on any atom is -0.354 e. The fourth-order valence-electron chi connectivity index (χ4n) is 2.88. The molecule has 0 aliphatic carbocycles. The number of pyridine rings is 1. The van der Waals surface area contributed by atoms with Gasteiger partial charge < -0.3 is 10.2 Å². The van der Waals surface area contributed by atoms with Gasteiger partial charge in [-0.3, -0.25) is 0 Å². The Hall–Kier alpha value is -1.16. The minimum absolute atomic E-state index is 0.149. The molecular formula is C17H28FN3. The zero-order valence-electron chi connectivity index (χ0n) is 13.5. The molecule has 2 heterocycles. The van der Waals surface area contributed by atoms with Crippen molar-refractivity contribution in [3.8, 4) is 0 Å². The summed E-state index contributed by atoms with van der Waals surface area (Å²) in [4.78, 5) is 6.38. The largest absolute Gasteiger partial charge is 0.354 e. The van der Waals surface area contributed by atoms with Gasteiger partial charge in [0.15, 0.2) is 11.6 Å². The number of nitrogens with zero attached hydrogens (tertiary/aromatic N) is 2. The predicted octanol–water partition coefficient (Wildman–Crippen LogP) is 3.59. The lowest BCUT2D eigenvalue weighted by atomic mass is 9.94. The molecule has 1 N–H and O–H groups in total. The van der Waals surface area contributed by atoms with E-state index in [2.05, 4.69) is 36.0 Å². The van der Waals surface area contributed by atoms with Crippen molar-refractivity contribution in [2.45, 2.75) is 46.6 Å². The van der Waals surface area contributed by atoms with Gasteiger partial charge in [0.2, 0.25) is 0 Å². The van der Waals surface area contributed by atoms with Crippen molar-refractivity contribution in [3.05, 3.63) is 23.6 Å². The maximum Gasteiger partial charge on any atom is 0.170 e. The maximum atomic E-state index is 14.6. The lowest BCUT2D eigenvalue weighted by Crippen LogP contribution is -2.35. The summed E-state index contributed by atoms with van der Waals surface area (Å²) in [5.41, 5.74) is 0.721. The van der Waals surface area contributed by atoms with E-state index in [1.165, 1.54) is 6.42 Å². The van der Waals surface area contributed by atoms with Crippen molar-refractivity contribution in [2.24, 2.45) is 11.8 Å². The molecule has 0 atom stereocenters. The van der Waals surface area contributed by atoms with Gasteiger partial charge >= 0.3 is 0 Å². The lowest BCUT2D eigenvalue weighted by molar-refractivity contribution is 0.390. The van der Waals surface area contributed by atoms with E-state index < -0.39 is 0 Å². The van der Waals surface area contributed by atoms with Crippen LogP contribution in [0, 0.1) is 17.7 Å². The molecule has 4 heteroatoms. The normalized spacial score (nSPS) is 16.7. The average molecular weight is 293 g/mol. The second kappa shape index (κ2) is 7.74. The lowest BCUT2D eigenvalue weighted by Gasteiger charge is -2.32. The first-order valence-corrected chi connectivity index (χ1v) is 8.20. The molecule has 3 nitrogen and oxygen atoms in total. The van der Waals surface area contributed by atoms with Crippen molar-refractivity contribution in [1.29, 1.82) is 0 Å². The molecule has 1 aromatic rings. The van der Waals surface area contributed by atoms with Gasteiger partial charge in [-0.1, -0.05) is 27.2 Å². The van der Waals surface area contributed by atoms with Crippen LogP contribution in [0.15, 0.2) is 12.3 Å². The van der Waals surface area contributed by atoms with Crippen LogP contribution in [0.25, 0.3) is 0 Å². The van der Waals surface area contributed by atoms with Crippen molar-refractivity contribution >= 4 is 5.82 Å². The van der Waals surface area contributed by atoms with Crippen LogP contribution in [0.3, 0.4) is 0 Å². The Kier molecular flexibility index (Phi) is 5.97. The Morgan fingerprint density at radius 1 is 1.38 bits per heavy atom. The number of hydrogen-bond donors (Lipinski definition) is 1. The highest BCUT2D eigenvalue weighted by atomic mass is 19.1. The van der Waals surface area contributed by atoms with E-state index in [1.807, 2.05) is 0 Å². The van der Waals surface area contributed by atoms with Crippen molar-refractivity contribution in [3.63, 3.8) is 0 Å². The summed E-state index contributed by atoms with van der Waals surface area (Å²) < 4.78 is 14.6. The van der Waals surface area contributed by atoms with Crippen LogP contribution in [-0.2, 0) is 6.54 Å². The molecule has 0 aromatic carbocycles. The molecule has 0 amide bonds.